The number of nitrogens with two attached hydrogens (primary N) is 1. The van der Waals surface area contributed by atoms with Crippen molar-refractivity contribution in [2.45, 2.75) is 32.1 Å². The van der Waals surface area contributed by atoms with Crippen LogP contribution in [0.15, 0.2) is 6.33 Å². The molecule has 1 saturated carbocycles. The normalized spacial score (nSPS) is 17.3. The van der Waals surface area contributed by atoms with E-state index in [1.807, 2.05) is 7.05 Å². The average Bonchev–Trinajstić information content (AvgIpc) is 2.98. The van der Waals surface area contributed by atoms with Gasteiger partial charge in [-0.25, -0.2) is 4.98 Å². The van der Waals surface area contributed by atoms with Crippen molar-refractivity contribution in [3.8, 4) is 0 Å². The highest BCUT2D eigenvalue weighted by molar-refractivity contribution is 7.80. The van der Waals surface area contributed by atoms with Crippen LogP contribution < -0.4 is 11.1 Å². The topological polar surface area (TPSA) is 85.8 Å². The molecule has 7 heteroatoms. The van der Waals surface area contributed by atoms with Crippen LogP contribution in [-0.4, -0.2) is 32.2 Å². The number of aromatic nitrogens is 3. The van der Waals surface area contributed by atoms with Gasteiger partial charge < -0.3 is 11.1 Å². The molecule has 6 nitrogen and oxygen atoms in total. The Bertz CT molecular complexity index is 478. The molecular formula is C12H19N5OS. The van der Waals surface area contributed by atoms with Gasteiger partial charge in [0.2, 0.25) is 5.91 Å². The van der Waals surface area contributed by atoms with Gasteiger partial charge in [-0.3, -0.25) is 9.48 Å². The lowest BCUT2D eigenvalue weighted by atomic mass is 9.85. The van der Waals surface area contributed by atoms with E-state index in [2.05, 4.69) is 15.4 Å². The van der Waals surface area contributed by atoms with E-state index in [1.54, 1.807) is 11.0 Å². The summed E-state index contributed by atoms with van der Waals surface area (Å²) in [5, 5.41) is 7.07. The van der Waals surface area contributed by atoms with Crippen LogP contribution in [0.4, 0.5) is 0 Å². The summed E-state index contributed by atoms with van der Waals surface area (Å²) in [6.45, 7) is 0.507. The van der Waals surface area contributed by atoms with E-state index >= 15 is 0 Å². The number of amides is 1. The van der Waals surface area contributed by atoms with Crippen molar-refractivity contribution >= 4 is 23.1 Å². The van der Waals surface area contributed by atoms with E-state index in [0.29, 0.717) is 18.0 Å². The second kappa shape index (κ2) is 5.64. The minimum absolute atomic E-state index is 0.0477. The molecule has 0 bridgehead atoms. The van der Waals surface area contributed by atoms with E-state index in [1.165, 1.54) is 0 Å². The first-order chi connectivity index (χ1) is 9.04. The van der Waals surface area contributed by atoms with Crippen molar-refractivity contribution in [3.63, 3.8) is 0 Å². The van der Waals surface area contributed by atoms with Crippen LogP contribution in [0.3, 0.4) is 0 Å². The highest BCUT2D eigenvalue weighted by Gasteiger charge is 2.43. The number of carbonyl (C=O) groups is 1. The van der Waals surface area contributed by atoms with Gasteiger partial charge in [0, 0.05) is 20.0 Å². The summed E-state index contributed by atoms with van der Waals surface area (Å²) in [5.74, 6) is 0.673. The van der Waals surface area contributed by atoms with Crippen LogP contribution >= 0.6 is 12.2 Å². The lowest BCUT2D eigenvalue weighted by molar-refractivity contribution is -0.127. The zero-order valence-corrected chi connectivity index (χ0v) is 11.9. The first-order valence-electron chi connectivity index (χ1n) is 6.47. The summed E-state index contributed by atoms with van der Waals surface area (Å²) in [6, 6.07) is 0. The van der Waals surface area contributed by atoms with E-state index in [9.17, 15) is 4.79 Å². The van der Waals surface area contributed by atoms with Gasteiger partial charge in [0.25, 0.3) is 0 Å². The van der Waals surface area contributed by atoms with Crippen LogP contribution in [0.2, 0.25) is 0 Å². The Hall–Kier alpha value is -1.50. The number of carbonyl (C=O) groups excluding carboxylic acids is 1. The summed E-state index contributed by atoms with van der Waals surface area (Å²) in [5.41, 5.74) is 5.13. The standard InChI is InChI=1S/C12H19N5OS/c1-17-8-15-9(16-17)4-7-14-11(18)12(10(13)19)5-2-3-6-12/h8H,2-7H2,1H3,(H2,13,19)(H,14,18). The molecule has 0 unspecified atom stereocenters. The van der Waals surface area contributed by atoms with Gasteiger partial charge in [-0.2, -0.15) is 5.10 Å². The monoisotopic (exact) mass is 281 g/mol. The first kappa shape index (κ1) is 13.9. The molecule has 0 atom stereocenters. The summed E-state index contributed by atoms with van der Waals surface area (Å²) in [6.07, 6.45) is 5.79. The van der Waals surface area contributed by atoms with Gasteiger partial charge in [-0.05, 0) is 12.8 Å². The second-order valence-corrected chi connectivity index (χ2v) is 5.43. The van der Waals surface area contributed by atoms with Crippen molar-refractivity contribution in [1.82, 2.24) is 20.1 Å². The zero-order chi connectivity index (χ0) is 13.9. The number of aryl methyl sites for hydroxylation is 1. The first-order valence-corrected chi connectivity index (χ1v) is 6.88. The summed E-state index contributed by atoms with van der Waals surface area (Å²) in [7, 11) is 1.81. The van der Waals surface area contributed by atoms with Crippen molar-refractivity contribution in [3.05, 3.63) is 12.2 Å². The van der Waals surface area contributed by atoms with Gasteiger partial charge >= 0.3 is 0 Å². The zero-order valence-electron chi connectivity index (χ0n) is 11.1. The highest BCUT2D eigenvalue weighted by atomic mass is 32.1. The molecule has 104 valence electrons. The van der Waals surface area contributed by atoms with Crippen molar-refractivity contribution in [1.29, 1.82) is 0 Å². The van der Waals surface area contributed by atoms with Gasteiger partial charge in [0.05, 0.1) is 10.4 Å². The minimum Gasteiger partial charge on any atom is -0.392 e. The Morgan fingerprint density at radius 3 is 2.79 bits per heavy atom. The maximum absolute atomic E-state index is 12.3. The maximum atomic E-state index is 12.3. The molecule has 0 saturated heterocycles. The predicted octanol–water partition coefficient (Wildman–Crippen LogP) is 0.320. The molecule has 3 N–H and O–H groups in total. The van der Waals surface area contributed by atoms with E-state index in [4.69, 9.17) is 18.0 Å². The van der Waals surface area contributed by atoms with Crippen LogP contribution in [0.1, 0.15) is 31.5 Å². The van der Waals surface area contributed by atoms with Crippen LogP contribution in [-0.2, 0) is 18.3 Å². The van der Waals surface area contributed by atoms with E-state index in [0.717, 1.165) is 31.5 Å². The average molecular weight is 281 g/mol. The fourth-order valence-corrected chi connectivity index (χ4v) is 2.82. The molecule has 0 aromatic carbocycles. The van der Waals surface area contributed by atoms with Crippen molar-refractivity contribution in [2.24, 2.45) is 18.2 Å². The number of nitrogens with one attached hydrogen (secondary N) is 1. The van der Waals surface area contributed by atoms with Crippen LogP contribution in [0.25, 0.3) is 0 Å². The summed E-state index contributed by atoms with van der Waals surface area (Å²) >= 11 is 5.08. The highest BCUT2D eigenvalue weighted by Crippen LogP contribution is 2.38. The minimum atomic E-state index is -0.632. The lowest BCUT2D eigenvalue weighted by Gasteiger charge is -2.26. The third-order valence-corrected chi connectivity index (χ3v) is 4.04. The molecular weight excluding hydrogens is 262 g/mol. The van der Waals surface area contributed by atoms with E-state index in [-0.39, 0.29) is 5.91 Å². The summed E-state index contributed by atoms with van der Waals surface area (Å²) < 4.78 is 1.64. The van der Waals surface area contributed by atoms with Gasteiger partial charge in [-0.1, -0.05) is 25.1 Å². The Balaban J connectivity index is 1.88. The van der Waals surface area contributed by atoms with Crippen LogP contribution in [0.5, 0.6) is 0 Å². The number of hydrogen-bond acceptors (Lipinski definition) is 4. The molecule has 1 aliphatic rings. The smallest absolute Gasteiger partial charge is 0.233 e. The molecule has 0 spiro atoms. The second-order valence-electron chi connectivity index (χ2n) is 4.99. The fourth-order valence-electron chi connectivity index (χ4n) is 2.52. The molecule has 2 rings (SSSR count). The third-order valence-electron chi connectivity index (χ3n) is 3.64. The molecule has 1 aliphatic carbocycles. The maximum Gasteiger partial charge on any atom is 0.233 e. The third kappa shape index (κ3) is 2.91. The SMILES string of the molecule is Cn1cnc(CCNC(=O)C2(C(N)=S)CCCC2)n1. The molecule has 1 amide bonds. The van der Waals surface area contributed by atoms with Crippen molar-refractivity contribution in [2.75, 3.05) is 6.54 Å². The quantitative estimate of drug-likeness (QED) is 0.759. The molecule has 1 aromatic heterocycles. The molecule has 1 fully saturated rings. The predicted molar refractivity (Wildman–Crippen MR) is 75.4 cm³/mol. The van der Waals surface area contributed by atoms with Crippen LogP contribution in [0, 0.1) is 5.41 Å². The number of hydrogen-bond donors (Lipinski definition) is 2. The van der Waals surface area contributed by atoms with E-state index < -0.39 is 5.41 Å². The molecule has 1 aromatic rings. The van der Waals surface area contributed by atoms with Gasteiger partial charge in [0.15, 0.2) is 5.82 Å². The summed E-state index contributed by atoms with van der Waals surface area (Å²) in [4.78, 5) is 16.7. The number of nitrogens with zero attached hydrogens (tertiary/aromatic N) is 3. The molecule has 1 heterocycles. The molecule has 0 radical (unpaired) electrons. The Labute approximate surface area is 117 Å². The Morgan fingerprint density at radius 2 is 2.26 bits per heavy atom. The Kier molecular flexibility index (Phi) is 4.14. The molecule has 19 heavy (non-hydrogen) atoms. The van der Waals surface area contributed by atoms with Gasteiger partial charge in [0.1, 0.15) is 6.33 Å². The largest absolute Gasteiger partial charge is 0.392 e. The van der Waals surface area contributed by atoms with Crippen molar-refractivity contribution < 1.29 is 4.79 Å². The fraction of sp³-hybridized carbons (Fsp3) is 0.667. The number of rotatable bonds is 5. The Morgan fingerprint density at radius 1 is 1.58 bits per heavy atom. The molecule has 0 aliphatic heterocycles. The van der Waals surface area contributed by atoms with Gasteiger partial charge in [-0.15, -0.1) is 0 Å². The number of thiocarbonyl (C=S) groups is 1. The lowest BCUT2D eigenvalue weighted by Crippen LogP contribution is -2.47.